The molecule has 0 radical (unpaired) electrons. The summed E-state index contributed by atoms with van der Waals surface area (Å²) in [5.74, 6) is 0.869. The molecule has 0 N–H and O–H groups in total. The van der Waals surface area contributed by atoms with E-state index in [4.69, 9.17) is 25.8 Å². The zero-order valence-electron chi connectivity index (χ0n) is 18.9. The lowest BCUT2D eigenvalue weighted by molar-refractivity contribution is 0.0697. The molecule has 34 heavy (non-hydrogen) atoms. The number of carbonyl (C=O) groups excluding carboxylic acids is 1. The molecule has 182 valence electrons. The standard InChI is InChI=1S/C22H25ClN4O6S/c1-25-6-5-15-16(12-25)18(31-2)19-20(33-13-32-19)21(15)34(29,30)27-9-7-26(8-10-27)22(28)14-3-4-17(23)24-11-14/h3-4,11H,5-10,12-13H2,1-2H3. The number of carbonyl (C=O) groups is 1. The lowest BCUT2D eigenvalue weighted by Gasteiger charge is -2.35. The number of nitrogens with zero attached hydrogens (tertiary/aromatic N) is 4. The third-order valence-electron chi connectivity index (χ3n) is 6.41. The van der Waals surface area contributed by atoms with Crippen LogP contribution in [0.2, 0.25) is 5.15 Å². The number of hydrogen-bond donors (Lipinski definition) is 0. The van der Waals surface area contributed by atoms with Crippen LogP contribution in [0.5, 0.6) is 17.2 Å². The topological polar surface area (TPSA) is 102 Å². The Morgan fingerprint density at radius 2 is 1.82 bits per heavy atom. The third-order valence-corrected chi connectivity index (χ3v) is 8.63. The van der Waals surface area contributed by atoms with Crippen LogP contribution in [0, 0.1) is 0 Å². The molecule has 1 saturated heterocycles. The summed E-state index contributed by atoms with van der Waals surface area (Å²) in [5, 5.41) is 0.306. The molecule has 4 heterocycles. The first-order valence-corrected chi connectivity index (χ1v) is 12.7. The highest BCUT2D eigenvalue weighted by atomic mass is 35.5. The highest BCUT2D eigenvalue weighted by molar-refractivity contribution is 7.89. The molecule has 2 aromatic rings. The van der Waals surface area contributed by atoms with Gasteiger partial charge in [0.25, 0.3) is 5.91 Å². The Balaban J connectivity index is 1.44. The number of amides is 1. The third kappa shape index (κ3) is 3.86. The minimum absolute atomic E-state index is 0.0651. The Morgan fingerprint density at radius 1 is 1.09 bits per heavy atom. The van der Waals surface area contributed by atoms with Gasteiger partial charge in [-0.15, -0.1) is 0 Å². The summed E-state index contributed by atoms with van der Waals surface area (Å²) in [6.07, 6.45) is 1.98. The van der Waals surface area contributed by atoms with Gasteiger partial charge in [0.2, 0.25) is 22.6 Å². The predicted molar refractivity (Wildman–Crippen MR) is 123 cm³/mol. The molecular weight excluding hydrogens is 484 g/mol. The summed E-state index contributed by atoms with van der Waals surface area (Å²) in [4.78, 5) is 20.7. The maximum absolute atomic E-state index is 13.9. The molecule has 1 aromatic carbocycles. The number of sulfonamides is 1. The predicted octanol–water partition coefficient (Wildman–Crippen LogP) is 1.61. The van der Waals surface area contributed by atoms with Crippen molar-refractivity contribution in [1.82, 2.24) is 19.1 Å². The number of rotatable bonds is 4. The summed E-state index contributed by atoms with van der Waals surface area (Å²) >= 11 is 5.81. The SMILES string of the molecule is COc1c2c(c(S(=O)(=O)N3CCN(C(=O)c4ccc(Cl)nc4)CC3)c3c1OCO3)CCN(C)C2. The first-order valence-electron chi connectivity index (χ1n) is 10.9. The summed E-state index contributed by atoms with van der Waals surface area (Å²) in [6, 6.07) is 3.17. The molecule has 0 aliphatic carbocycles. The van der Waals surface area contributed by atoms with E-state index in [-0.39, 0.29) is 49.5 Å². The molecule has 1 fully saturated rings. The van der Waals surface area contributed by atoms with Gasteiger partial charge < -0.3 is 24.0 Å². The van der Waals surface area contributed by atoms with Crippen molar-refractivity contribution in [1.29, 1.82) is 0 Å². The van der Waals surface area contributed by atoms with Crippen LogP contribution in [0.4, 0.5) is 0 Å². The van der Waals surface area contributed by atoms with Gasteiger partial charge in [0, 0.05) is 51.0 Å². The fourth-order valence-corrected chi connectivity index (χ4v) is 6.62. The largest absolute Gasteiger partial charge is 0.492 e. The highest BCUT2D eigenvalue weighted by Crippen LogP contribution is 2.51. The molecule has 0 atom stereocenters. The lowest BCUT2D eigenvalue weighted by atomic mass is 9.97. The number of likely N-dealkylation sites (N-methyl/N-ethyl adjacent to an activating group) is 1. The van der Waals surface area contributed by atoms with Crippen LogP contribution in [0.25, 0.3) is 0 Å². The van der Waals surface area contributed by atoms with E-state index < -0.39 is 10.0 Å². The molecule has 10 nitrogen and oxygen atoms in total. The van der Waals surface area contributed by atoms with Gasteiger partial charge in [-0.05, 0) is 31.2 Å². The van der Waals surface area contributed by atoms with Crippen molar-refractivity contribution >= 4 is 27.5 Å². The number of benzene rings is 1. The fraction of sp³-hybridized carbons (Fsp3) is 0.455. The van der Waals surface area contributed by atoms with E-state index in [1.807, 2.05) is 7.05 Å². The van der Waals surface area contributed by atoms with Gasteiger partial charge in [0.05, 0.1) is 12.7 Å². The number of ether oxygens (including phenoxy) is 3. The van der Waals surface area contributed by atoms with Crippen LogP contribution < -0.4 is 14.2 Å². The summed E-state index contributed by atoms with van der Waals surface area (Å²) in [5.41, 5.74) is 1.94. The van der Waals surface area contributed by atoms with Crippen molar-refractivity contribution in [2.24, 2.45) is 0 Å². The Kier molecular flexibility index (Phi) is 6.05. The quantitative estimate of drug-likeness (QED) is 0.574. The second-order valence-electron chi connectivity index (χ2n) is 8.44. The van der Waals surface area contributed by atoms with E-state index >= 15 is 0 Å². The van der Waals surface area contributed by atoms with E-state index in [2.05, 4.69) is 9.88 Å². The minimum Gasteiger partial charge on any atom is -0.492 e. The maximum Gasteiger partial charge on any atom is 0.255 e. The van der Waals surface area contributed by atoms with Crippen LogP contribution in [0.3, 0.4) is 0 Å². The van der Waals surface area contributed by atoms with Gasteiger partial charge >= 0.3 is 0 Å². The molecule has 1 aromatic heterocycles. The Hall–Kier alpha value is -2.60. The van der Waals surface area contributed by atoms with Crippen molar-refractivity contribution in [3.05, 3.63) is 40.2 Å². The van der Waals surface area contributed by atoms with Crippen molar-refractivity contribution < 1.29 is 27.4 Å². The number of aromatic nitrogens is 1. The van der Waals surface area contributed by atoms with Gasteiger partial charge in [0.15, 0.2) is 11.5 Å². The van der Waals surface area contributed by atoms with Crippen molar-refractivity contribution in [3.63, 3.8) is 0 Å². The number of methoxy groups -OCH3 is 1. The van der Waals surface area contributed by atoms with Crippen molar-refractivity contribution in [2.45, 2.75) is 17.9 Å². The maximum atomic E-state index is 13.9. The zero-order chi connectivity index (χ0) is 24.0. The van der Waals surface area contributed by atoms with Crippen LogP contribution in [0.15, 0.2) is 23.2 Å². The fourth-order valence-electron chi connectivity index (χ4n) is 4.68. The molecule has 0 spiro atoms. The highest BCUT2D eigenvalue weighted by Gasteiger charge is 2.41. The second kappa shape index (κ2) is 8.88. The number of pyridine rings is 1. The van der Waals surface area contributed by atoms with E-state index in [0.29, 0.717) is 40.7 Å². The number of fused-ring (bicyclic) bond motifs is 2. The second-order valence-corrected chi connectivity index (χ2v) is 10.7. The Labute approximate surface area is 203 Å². The van der Waals surface area contributed by atoms with Crippen LogP contribution in [-0.4, -0.2) is 87.1 Å². The van der Waals surface area contributed by atoms with Crippen LogP contribution in [-0.2, 0) is 23.0 Å². The van der Waals surface area contributed by atoms with Gasteiger partial charge in [-0.2, -0.15) is 4.31 Å². The molecule has 5 rings (SSSR count). The number of hydrogen-bond acceptors (Lipinski definition) is 8. The summed E-state index contributed by atoms with van der Waals surface area (Å²) in [7, 11) is -0.376. The molecule has 1 amide bonds. The summed E-state index contributed by atoms with van der Waals surface area (Å²) in [6.45, 7) is 2.08. The summed E-state index contributed by atoms with van der Waals surface area (Å²) < 4.78 is 46.1. The van der Waals surface area contributed by atoms with E-state index in [1.165, 1.54) is 10.5 Å². The molecule has 3 aliphatic heterocycles. The normalized spacial score (nSPS) is 18.6. The van der Waals surface area contributed by atoms with Gasteiger partial charge in [0.1, 0.15) is 10.0 Å². The monoisotopic (exact) mass is 508 g/mol. The smallest absolute Gasteiger partial charge is 0.255 e. The Morgan fingerprint density at radius 3 is 2.50 bits per heavy atom. The number of halogens is 1. The molecule has 0 saturated carbocycles. The van der Waals surface area contributed by atoms with Gasteiger partial charge in [-0.3, -0.25) is 4.79 Å². The zero-order valence-corrected chi connectivity index (χ0v) is 20.5. The molecule has 12 heteroatoms. The average molecular weight is 509 g/mol. The van der Waals surface area contributed by atoms with Gasteiger partial charge in [-0.1, -0.05) is 11.6 Å². The molecule has 0 unspecified atom stereocenters. The van der Waals surface area contributed by atoms with E-state index in [0.717, 1.165) is 12.1 Å². The van der Waals surface area contributed by atoms with Crippen molar-refractivity contribution in [2.75, 3.05) is 53.7 Å². The van der Waals surface area contributed by atoms with Crippen molar-refractivity contribution in [3.8, 4) is 17.2 Å². The van der Waals surface area contributed by atoms with E-state index in [1.54, 1.807) is 24.1 Å². The average Bonchev–Trinajstić information content (AvgIpc) is 3.31. The first kappa shape index (κ1) is 23.2. The molecule has 0 bridgehead atoms. The lowest BCUT2D eigenvalue weighted by Crippen LogP contribution is -2.50. The van der Waals surface area contributed by atoms with Gasteiger partial charge in [-0.25, -0.2) is 13.4 Å². The van der Waals surface area contributed by atoms with Crippen LogP contribution >= 0.6 is 11.6 Å². The Bertz CT molecular complexity index is 1230. The first-order chi connectivity index (χ1) is 16.3. The molecular formula is C22H25ClN4O6S. The number of piperazine rings is 1. The minimum atomic E-state index is -3.90. The van der Waals surface area contributed by atoms with Crippen LogP contribution in [0.1, 0.15) is 21.5 Å². The molecule has 3 aliphatic rings. The van der Waals surface area contributed by atoms with E-state index in [9.17, 15) is 13.2 Å².